The van der Waals surface area contributed by atoms with Gasteiger partial charge in [-0.1, -0.05) is 23.2 Å². The molecule has 12 heteroatoms. The lowest BCUT2D eigenvalue weighted by molar-refractivity contribution is -0.118. The first-order valence-corrected chi connectivity index (χ1v) is 14.6. The number of anilines is 1. The van der Waals surface area contributed by atoms with Crippen LogP contribution in [-0.4, -0.2) is 71.2 Å². The van der Waals surface area contributed by atoms with Gasteiger partial charge in [0.15, 0.2) is 0 Å². The number of likely N-dealkylation sites (tertiary alicyclic amines) is 2. The van der Waals surface area contributed by atoms with Crippen LogP contribution in [0.2, 0.25) is 10.0 Å². The van der Waals surface area contributed by atoms with Crippen LogP contribution >= 0.6 is 34.5 Å². The van der Waals surface area contributed by atoms with Crippen molar-refractivity contribution in [2.75, 3.05) is 31.2 Å². The smallest absolute Gasteiger partial charge is 0.281 e. The van der Waals surface area contributed by atoms with Crippen molar-refractivity contribution in [1.29, 1.82) is 0 Å². The summed E-state index contributed by atoms with van der Waals surface area (Å²) in [4.78, 5) is 44.3. The van der Waals surface area contributed by atoms with Crippen molar-refractivity contribution in [1.82, 2.24) is 15.2 Å². The molecule has 3 aliphatic heterocycles. The van der Waals surface area contributed by atoms with Gasteiger partial charge in [-0.3, -0.25) is 14.4 Å². The molecule has 3 amide bonds. The number of hydrazone groups is 2. The van der Waals surface area contributed by atoms with Crippen molar-refractivity contribution >= 4 is 69.4 Å². The quantitative estimate of drug-likeness (QED) is 0.383. The molecule has 0 radical (unpaired) electrons. The van der Waals surface area contributed by atoms with Crippen LogP contribution < -0.4 is 10.4 Å². The molecule has 0 spiro atoms. The van der Waals surface area contributed by atoms with E-state index in [2.05, 4.69) is 20.5 Å². The van der Waals surface area contributed by atoms with E-state index >= 15 is 0 Å². The zero-order valence-electron chi connectivity index (χ0n) is 21.8. The van der Waals surface area contributed by atoms with E-state index in [1.54, 1.807) is 44.2 Å². The molecule has 39 heavy (non-hydrogen) atoms. The predicted octanol–water partition coefficient (Wildman–Crippen LogP) is 4.90. The summed E-state index contributed by atoms with van der Waals surface area (Å²) in [5, 5.41) is 10.5. The van der Waals surface area contributed by atoms with Crippen LogP contribution in [0.3, 0.4) is 0 Å². The van der Waals surface area contributed by atoms with Gasteiger partial charge >= 0.3 is 0 Å². The Labute approximate surface area is 241 Å². The van der Waals surface area contributed by atoms with E-state index in [1.165, 1.54) is 30.9 Å². The first-order chi connectivity index (χ1) is 18.7. The molecule has 4 heterocycles. The molecule has 206 valence electrons. The average Bonchev–Trinajstić information content (AvgIpc) is 3.69. The normalized spacial score (nSPS) is 21.0. The number of nitrogens with zero attached hydrogens (tertiary/aromatic N) is 5. The molecule has 1 aromatic heterocycles. The molecule has 9 nitrogen and oxygen atoms in total. The van der Waals surface area contributed by atoms with E-state index < -0.39 is 11.8 Å². The molecule has 1 unspecified atom stereocenters. The number of piperidine rings is 1. The van der Waals surface area contributed by atoms with Crippen LogP contribution in [0.15, 0.2) is 40.5 Å². The lowest BCUT2D eigenvalue weighted by Gasteiger charge is -2.36. The average molecular weight is 590 g/mol. The van der Waals surface area contributed by atoms with E-state index in [1.807, 2.05) is 4.90 Å². The lowest BCUT2D eigenvalue weighted by atomic mass is 9.99. The van der Waals surface area contributed by atoms with Crippen molar-refractivity contribution < 1.29 is 14.4 Å². The van der Waals surface area contributed by atoms with Gasteiger partial charge in [0.25, 0.3) is 17.7 Å². The Bertz CT molecular complexity index is 1340. The van der Waals surface area contributed by atoms with E-state index in [9.17, 15) is 14.4 Å². The first-order valence-electron chi connectivity index (χ1n) is 13.0. The van der Waals surface area contributed by atoms with Gasteiger partial charge in [0, 0.05) is 19.1 Å². The predicted molar refractivity (Wildman–Crippen MR) is 155 cm³/mol. The minimum atomic E-state index is -0.719. The molecule has 2 aromatic rings. The molecular weight excluding hydrogens is 559 g/mol. The monoisotopic (exact) mass is 588 g/mol. The largest absolute Gasteiger partial charge is 0.338 e. The number of nitrogens with one attached hydrogen (secondary N) is 1. The minimum Gasteiger partial charge on any atom is -0.338 e. The van der Waals surface area contributed by atoms with Crippen LogP contribution in [0.25, 0.3) is 0 Å². The fourth-order valence-corrected chi connectivity index (χ4v) is 6.53. The molecule has 0 bridgehead atoms. The molecule has 0 aliphatic carbocycles. The van der Waals surface area contributed by atoms with Crippen LogP contribution in [0.4, 0.5) is 5.69 Å². The third-order valence-corrected chi connectivity index (χ3v) is 9.29. The third-order valence-electron chi connectivity index (χ3n) is 7.48. The van der Waals surface area contributed by atoms with Crippen molar-refractivity contribution in [3.8, 4) is 0 Å². The zero-order valence-corrected chi connectivity index (χ0v) is 24.2. The highest BCUT2D eigenvalue weighted by atomic mass is 35.5. The standard InChI is InChI=1S/C27H30Cl2N6O3S/c1-16(24-17(2)32-35(27(24)38)19-5-6-20(28)21(29)15-19)30-31-25(36)22-7-8-23(39-22)26(37)34-13-9-18(10-14-34)33-11-3-4-12-33/h5-8,15,18,24H,3-4,9-14H2,1-2H3,(H,31,36)/b30-16+. The van der Waals surface area contributed by atoms with E-state index in [-0.39, 0.29) is 11.8 Å². The zero-order chi connectivity index (χ0) is 27.7. The number of hydrogen-bond acceptors (Lipinski definition) is 7. The number of rotatable bonds is 6. The summed E-state index contributed by atoms with van der Waals surface area (Å²) < 4.78 is 0. The second-order valence-corrected chi connectivity index (χ2v) is 11.9. The second-order valence-electron chi connectivity index (χ2n) is 10.0. The van der Waals surface area contributed by atoms with Crippen LogP contribution in [0.1, 0.15) is 58.9 Å². The number of carbonyl (C=O) groups is 3. The Morgan fingerprint density at radius 1 is 1.03 bits per heavy atom. The van der Waals surface area contributed by atoms with E-state index in [4.69, 9.17) is 23.2 Å². The highest BCUT2D eigenvalue weighted by molar-refractivity contribution is 7.15. The Balaban J connectivity index is 1.18. The van der Waals surface area contributed by atoms with Crippen molar-refractivity contribution in [3.05, 3.63) is 50.1 Å². The van der Waals surface area contributed by atoms with Gasteiger partial charge in [-0.25, -0.2) is 5.43 Å². The maximum absolute atomic E-state index is 13.1. The first kappa shape index (κ1) is 27.8. The topological polar surface area (TPSA) is 97.7 Å². The summed E-state index contributed by atoms with van der Waals surface area (Å²) in [5.41, 5.74) is 3.95. The number of amides is 3. The van der Waals surface area contributed by atoms with Crippen molar-refractivity contribution in [3.63, 3.8) is 0 Å². The molecule has 2 saturated heterocycles. The Kier molecular flexibility index (Phi) is 8.37. The molecule has 5 rings (SSSR count). The summed E-state index contributed by atoms with van der Waals surface area (Å²) in [6, 6.07) is 8.72. The number of benzene rings is 1. The fraction of sp³-hybridized carbons (Fsp3) is 0.444. The van der Waals surface area contributed by atoms with Crippen molar-refractivity contribution in [2.24, 2.45) is 16.1 Å². The van der Waals surface area contributed by atoms with Gasteiger partial charge in [0.2, 0.25) is 0 Å². The fourth-order valence-electron chi connectivity index (χ4n) is 5.38. The van der Waals surface area contributed by atoms with E-state index in [0.29, 0.717) is 43.0 Å². The van der Waals surface area contributed by atoms with Gasteiger partial charge < -0.3 is 9.80 Å². The van der Waals surface area contributed by atoms with Crippen LogP contribution in [-0.2, 0) is 4.79 Å². The SMILES string of the molecule is CC1=NN(c2ccc(Cl)c(Cl)c2)C(=O)C1/C(C)=N/NC(=O)c1ccc(C(=O)N2CCC(N3CCCC3)CC2)s1. The summed E-state index contributed by atoms with van der Waals surface area (Å²) in [7, 11) is 0. The molecular formula is C27H30Cl2N6O3S. The van der Waals surface area contributed by atoms with Gasteiger partial charge in [-0.05, 0) is 83.0 Å². The molecule has 1 N–H and O–H groups in total. The molecule has 1 atom stereocenters. The number of hydrogen-bond donors (Lipinski definition) is 1. The summed E-state index contributed by atoms with van der Waals surface area (Å²) in [6.45, 7) is 7.19. The van der Waals surface area contributed by atoms with Crippen LogP contribution in [0.5, 0.6) is 0 Å². The summed E-state index contributed by atoms with van der Waals surface area (Å²) >= 11 is 13.2. The molecule has 1 aromatic carbocycles. The van der Waals surface area contributed by atoms with Gasteiger partial charge in [0.05, 0.1) is 36.9 Å². The maximum atomic E-state index is 13.1. The summed E-state index contributed by atoms with van der Waals surface area (Å²) in [5.74, 6) is -1.50. The Hall–Kier alpha value is -2.79. The summed E-state index contributed by atoms with van der Waals surface area (Å²) in [6.07, 6.45) is 4.52. The van der Waals surface area contributed by atoms with E-state index in [0.717, 1.165) is 37.3 Å². The van der Waals surface area contributed by atoms with Crippen LogP contribution in [0, 0.1) is 5.92 Å². The number of halogens is 2. The molecule has 3 aliphatic rings. The third kappa shape index (κ3) is 5.89. The number of carbonyl (C=O) groups excluding carboxylic acids is 3. The highest BCUT2D eigenvalue weighted by Gasteiger charge is 2.37. The minimum absolute atomic E-state index is 0.0376. The van der Waals surface area contributed by atoms with Gasteiger partial charge in [0.1, 0.15) is 5.92 Å². The Morgan fingerprint density at radius 3 is 2.41 bits per heavy atom. The van der Waals surface area contributed by atoms with Gasteiger partial charge in [-0.2, -0.15) is 15.2 Å². The highest BCUT2D eigenvalue weighted by Crippen LogP contribution is 2.31. The Morgan fingerprint density at radius 2 is 1.72 bits per heavy atom. The lowest BCUT2D eigenvalue weighted by Crippen LogP contribution is -2.45. The van der Waals surface area contributed by atoms with Gasteiger partial charge in [-0.15, -0.1) is 11.3 Å². The number of thiophene rings is 1. The second kappa shape index (κ2) is 11.8. The molecule has 2 fully saturated rings. The molecule has 0 saturated carbocycles. The maximum Gasteiger partial charge on any atom is 0.281 e. The van der Waals surface area contributed by atoms with Crippen molar-refractivity contribution in [2.45, 2.75) is 45.6 Å².